The number of ether oxygens (including phenoxy) is 1. The minimum absolute atomic E-state index is 0.0723. The maximum atomic E-state index is 11.4. The summed E-state index contributed by atoms with van der Waals surface area (Å²) in [5.41, 5.74) is 6.68. The number of nitrogens with two attached hydrogens (primary N) is 1. The van der Waals surface area contributed by atoms with Gasteiger partial charge in [-0.05, 0) is 63.0 Å². The highest BCUT2D eigenvalue weighted by Gasteiger charge is 2.11. The van der Waals surface area contributed by atoms with Gasteiger partial charge in [0.15, 0.2) is 0 Å². The van der Waals surface area contributed by atoms with Gasteiger partial charge in [0, 0.05) is 19.5 Å². The normalized spacial score (nSPS) is 14.8. The number of hydrogen-bond donors (Lipinski definition) is 2. The van der Waals surface area contributed by atoms with Crippen LogP contribution in [0.5, 0.6) is 5.75 Å². The van der Waals surface area contributed by atoms with E-state index in [0.29, 0.717) is 26.1 Å². The molecule has 0 aromatic heterocycles. The molecule has 1 aliphatic heterocycles. The molecule has 1 amide bonds. The molecule has 0 bridgehead atoms. The number of nitrogens with one attached hydrogen (secondary N) is 1. The molecule has 2 rings (SSSR count). The molecule has 0 aliphatic carbocycles. The molecule has 128 valence electrons. The van der Waals surface area contributed by atoms with Gasteiger partial charge < -0.3 is 15.8 Å². The number of carbonyl (C=O) groups excluding carboxylic acids is 1. The highest BCUT2D eigenvalue weighted by molar-refractivity contribution is 5.75. The predicted octanol–water partition coefficient (Wildman–Crippen LogP) is 1.91. The molecule has 1 heterocycles. The molecule has 23 heavy (non-hydrogen) atoms. The van der Waals surface area contributed by atoms with Crippen molar-refractivity contribution in [3.05, 3.63) is 29.8 Å². The van der Waals surface area contributed by atoms with Crippen LogP contribution in [0.1, 0.15) is 37.7 Å². The first-order valence-electron chi connectivity index (χ1n) is 8.69. The molecular formula is C18H29N3O2. The van der Waals surface area contributed by atoms with Crippen molar-refractivity contribution in [2.75, 3.05) is 32.8 Å². The fraction of sp³-hybridized carbons (Fsp3) is 0.611. The van der Waals surface area contributed by atoms with E-state index in [4.69, 9.17) is 10.5 Å². The number of hydrogen-bond acceptors (Lipinski definition) is 4. The summed E-state index contributed by atoms with van der Waals surface area (Å²) in [5, 5.41) is 2.88. The molecule has 0 atom stereocenters. The molecule has 0 radical (unpaired) electrons. The van der Waals surface area contributed by atoms with Crippen LogP contribution in [0, 0.1) is 0 Å². The Morgan fingerprint density at radius 1 is 1.26 bits per heavy atom. The van der Waals surface area contributed by atoms with Crippen molar-refractivity contribution in [1.82, 2.24) is 10.2 Å². The lowest BCUT2D eigenvalue weighted by atomic mass is 10.2. The zero-order valence-electron chi connectivity index (χ0n) is 13.9. The zero-order valence-corrected chi connectivity index (χ0v) is 13.9. The number of amides is 1. The second kappa shape index (κ2) is 10.2. The van der Waals surface area contributed by atoms with Crippen molar-refractivity contribution in [1.29, 1.82) is 0 Å². The van der Waals surface area contributed by atoms with E-state index in [0.717, 1.165) is 25.1 Å². The fourth-order valence-electron chi connectivity index (χ4n) is 2.77. The van der Waals surface area contributed by atoms with E-state index >= 15 is 0 Å². The van der Waals surface area contributed by atoms with E-state index in [-0.39, 0.29) is 5.91 Å². The van der Waals surface area contributed by atoms with Gasteiger partial charge in [0.2, 0.25) is 5.91 Å². The van der Waals surface area contributed by atoms with Gasteiger partial charge in [0.05, 0.1) is 6.61 Å². The Kier molecular flexibility index (Phi) is 7.90. The van der Waals surface area contributed by atoms with Crippen LogP contribution in [0.4, 0.5) is 0 Å². The Morgan fingerprint density at radius 2 is 2.09 bits per heavy atom. The highest BCUT2D eigenvalue weighted by Crippen LogP contribution is 2.17. The van der Waals surface area contributed by atoms with Crippen molar-refractivity contribution in [2.45, 2.75) is 38.6 Å². The van der Waals surface area contributed by atoms with Gasteiger partial charge in [-0.3, -0.25) is 9.69 Å². The third-order valence-corrected chi connectivity index (χ3v) is 4.02. The molecular weight excluding hydrogens is 290 g/mol. The van der Waals surface area contributed by atoms with Gasteiger partial charge >= 0.3 is 0 Å². The average Bonchev–Trinajstić information content (AvgIpc) is 3.06. The minimum atomic E-state index is 0.0723. The Balaban J connectivity index is 1.62. The third kappa shape index (κ3) is 7.01. The number of rotatable bonds is 10. The summed E-state index contributed by atoms with van der Waals surface area (Å²) in [6, 6.07) is 8.32. The van der Waals surface area contributed by atoms with Gasteiger partial charge in [-0.25, -0.2) is 0 Å². The average molecular weight is 319 g/mol. The Morgan fingerprint density at radius 3 is 2.87 bits per heavy atom. The van der Waals surface area contributed by atoms with Crippen LogP contribution in [0.15, 0.2) is 24.3 Å². The first-order chi connectivity index (χ1) is 11.3. The second-order valence-corrected chi connectivity index (χ2v) is 6.07. The van der Waals surface area contributed by atoms with Gasteiger partial charge in [0.1, 0.15) is 5.75 Å². The number of benzene rings is 1. The Hall–Kier alpha value is -1.59. The third-order valence-electron chi connectivity index (χ3n) is 4.02. The smallest absolute Gasteiger partial charge is 0.220 e. The van der Waals surface area contributed by atoms with Crippen LogP contribution in [0.2, 0.25) is 0 Å². The van der Waals surface area contributed by atoms with E-state index in [9.17, 15) is 4.79 Å². The lowest BCUT2D eigenvalue weighted by molar-refractivity contribution is -0.121. The molecule has 1 aliphatic rings. The van der Waals surface area contributed by atoms with Crippen LogP contribution >= 0.6 is 0 Å². The van der Waals surface area contributed by atoms with Gasteiger partial charge in [0.25, 0.3) is 0 Å². The van der Waals surface area contributed by atoms with Crippen molar-refractivity contribution in [3.8, 4) is 5.75 Å². The molecule has 0 saturated carbocycles. The van der Waals surface area contributed by atoms with Gasteiger partial charge in [-0.15, -0.1) is 0 Å². The van der Waals surface area contributed by atoms with E-state index < -0.39 is 0 Å². The summed E-state index contributed by atoms with van der Waals surface area (Å²) >= 11 is 0. The summed E-state index contributed by atoms with van der Waals surface area (Å²) in [7, 11) is 0. The number of nitrogens with zero attached hydrogens (tertiary/aromatic N) is 1. The van der Waals surface area contributed by atoms with Gasteiger partial charge in [-0.2, -0.15) is 0 Å². The lowest BCUT2D eigenvalue weighted by Crippen LogP contribution is -2.25. The molecule has 1 aromatic carbocycles. The second-order valence-electron chi connectivity index (χ2n) is 6.07. The quantitative estimate of drug-likeness (QED) is 0.647. The van der Waals surface area contributed by atoms with Crippen LogP contribution in [0.3, 0.4) is 0 Å². The Labute approximate surface area is 139 Å². The van der Waals surface area contributed by atoms with Crippen molar-refractivity contribution in [2.24, 2.45) is 5.73 Å². The van der Waals surface area contributed by atoms with E-state index in [2.05, 4.69) is 28.4 Å². The molecule has 0 spiro atoms. The first kappa shape index (κ1) is 17.8. The lowest BCUT2D eigenvalue weighted by Gasteiger charge is -2.15. The highest BCUT2D eigenvalue weighted by atomic mass is 16.5. The summed E-state index contributed by atoms with van der Waals surface area (Å²) in [6.07, 6.45) is 4.69. The monoisotopic (exact) mass is 319 g/mol. The Bertz CT molecular complexity index is 473. The summed E-state index contributed by atoms with van der Waals surface area (Å²) in [6.45, 7) is 5.24. The molecule has 1 fully saturated rings. The van der Waals surface area contributed by atoms with Gasteiger partial charge in [-0.1, -0.05) is 12.1 Å². The topological polar surface area (TPSA) is 67.6 Å². The SMILES string of the molecule is NCCCC(=O)NCCCOc1cccc(CN2CCCC2)c1. The zero-order chi connectivity index (χ0) is 16.3. The van der Waals surface area contributed by atoms with Crippen molar-refractivity contribution in [3.63, 3.8) is 0 Å². The minimum Gasteiger partial charge on any atom is -0.494 e. The van der Waals surface area contributed by atoms with Crippen LogP contribution in [-0.2, 0) is 11.3 Å². The number of carbonyl (C=O) groups is 1. The van der Waals surface area contributed by atoms with Crippen LogP contribution in [-0.4, -0.2) is 43.6 Å². The number of likely N-dealkylation sites (tertiary alicyclic amines) is 1. The summed E-state index contributed by atoms with van der Waals surface area (Å²) in [4.78, 5) is 13.9. The van der Waals surface area contributed by atoms with E-state index in [1.54, 1.807) is 0 Å². The maximum Gasteiger partial charge on any atom is 0.220 e. The molecule has 5 heteroatoms. The first-order valence-corrected chi connectivity index (χ1v) is 8.69. The maximum absolute atomic E-state index is 11.4. The van der Waals surface area contributed by atoms with Crippen LogP contribution in [0.25, 0.3) is 0 Å². The van der Waals surface area contributed by atoms with E-state index in [1.807, 2.05) is 6.07 Å². The summed E-state index contributed by atoms with van der Waals surface area (Å²) < 4.78 is 5.78. The van der Waals surface area contributed by atoms with Crippen molar-refractivity contribution >= 4 is 5.91 Å². The predicted molar refractivity (Wildman–Crippen MR) is 92.4 cm³/mol. The molecule has 0 unspecified atom stereocenters. The van der Waals surface area contributed by atoms with E-state index in [1.165, 1.54) is 31.5 Å². The molecule has 3 N–H and O–H groups in total. The standard InChI is InChI=1S/C18H29N3O2/c19-9-4-8-18(22)20-10-5-13-23-17-7-3-6-16(14-17)15-21-11-1-2-12-21/h3,6-7,14H,1-2,4-5,8-13,15,19H2,(H,20,22). The van der Waals surface area contributed by atoms with Crippen LogP contribution < -0.4 is 15.8 Å². The summed E-state index contributed by atoms with van der Waals surface area (Å²) in [5.74, 6) is 0.985. The largest absolute Gasteiger partial charge is 0.494 e. The van der Waals surface area contributed by atoms with Crippen molar-refractivity contribution < 1.29 is 9.53 Å². The fourth-order valence-corrected chi connectivity index (χ4v) is 2.77. The molecule has 1 saturated heterocycles. The molecule has 5 nitrogen and oxygen atoms in total. The molecule has 1 aromatic rings.